The molecule has 0 radical (unpaired) electrons. The van der Waals surface area contributed by atoms with E-state index in [0.717, 1.165) is 42.6 Å². The van der Waals surface area contributed by atoms with Gasteiger partial charge in [-0.1, -0.05) is 12.1 Å². The maximum absolute atomic E-state index is 13.0. The normalized spacial score (nSPS) is 30.9. The lowest BCUT2D eigenvalue weighted by molar-refractivity contribution is -0.146. The molecule has 0 aromatic heterocycles. The van der Waals surface area contributed by atoms with E-state index in [1.807, 2.05) is 24.3 Å². The Balaban J connectivity index is 1.31. The number of carbonyl (C=O) groups excluding carboxylic acids is 2. The van der Waals surface area contributed by atoms with E-state index in [9.17, 15) is 9.59 Å². The number of hydrogen-bond acceptors (Lipinski definition) is 3. The van der Waals surface area contributed by atoms with Crippen LogP contribution in [-0.2, 0) is 16.1 Å². The summed E-state index contributed by atoms with van der Waals surface area (Å²) >= 11 is 0. The Hall–Kier alpha value is -1.88. The first-order valence-corrected chi connectivity index (χ1v) is 10.2. The lowest BCUT2D eigenvalue weighted by Crippen LogP contribution is -2.53. The number of rotatable bonds is 7. The van der Waals surface area contributed by atoms with Crippen molar-refractivity contribution in [1.29, 1.82) is 0 Å². The topological polar surface area (TPSA) is 67.4 Å². The minimum Gasteiger partial charge on any atom is -0.383 e. The smallest absolute Gasteiger partial charge is 0.251 e. The summed E-state index contributed by atoms with van der Waals surface area (Å²) in [7, 11) is 1.61. The number of hydrogen-bond donors (Lipinski definition) is 2. The minimum absolute atomic E-state index is 0.101. The lowest BCUT2D eigenvalue weighted by atomic mass is 9.49. The van der Waals surface area contributed by atoms with Crippen molar-refractivity contribution in [2.24, 2.45) is 23.2 Å². The molecule has 4 aliphatic carbocycles. The fraction of sp³-hybridized carbons (Fsp3) is 0.636. The van der Waals surface area contributed by atoms with E-state index in [1.165, 1.54) is 19.3 Å². The van der Waals surface area contributed by atoms with Gasteiger partial charge in [0, 0.05) is 31.2 Å². The fourth-order valence-electron chi connectivity index (χ4n) is 5.90. The van der Waals surface area contributed by atoms with Crippen LogP contribution in [0.25, 0.3) is 0 Å². The van der Waals surface area contributed by atoms with Gasteiger partial charge in [-0.2, -0.15) is 0 Å². The first-order chi connectivity index (χ1) is 13.1. The van der Waals surface area contributed by atoms with Crippen molar-refractivity contribution in [2.45, 2.75) is 45.1 Å². The maximum Gasteiger partial charge on any atom is 0.251 e. The number of benzene rings is 1. The van der Waals surface area contributed by atoms with Crippen LogP contribution in [-0.4, -0.2) is 32.1 Å². The zero-order valence-electron chi connectivity index (χ0n) is 16.1. The highest BCUT2D eigenvalue weighted by Crippen LogP contribution is 2.60. The Bertz CT molecular complexity index is 663. The summed E-state index contributed by atoms with van der Waals surface area (Å²) in [4.78, 5) is 25.0. The van der Waals surface area contributed by atoms with Crippen LogP contribution in [0.5, 0.6) is 0 Å². The van der Waals surface area contributed by atoms with Gasteiger partial charge in [0.2, 0.25) is 5.91 Å². The van der Waals surface area contributed by atoms with E-state index in [1.54, 1.807) is 7.11 Å². The van der Waals surface area contributed by atoms with Crippen molar-refractivity contribution in [3.8, 4) is 0 Å². The standard InChI is InChI=1S/C22H30N2O3/c1-27-7-6-23-20(25)19-4-2-15(3-5-19)14-24-21(26)22-11-16-8-17(12-22)10-18(9-16)13-22/h2-5,16-18H,6-14H2,1H3,(H,23,25)(H,24,26). The third-order valence-electron chi connectivity index (χ3n) is 6.78. The molecule has 1 aromatic rings. The summed E-state index contributed by atoms with van der Waals surface area (Å²) in [6.07, 6.45) is 7.31. The first kappa shape index (κ1) is 18.5. The van der Waals surface area contributed by atoms with Gasteiger partial charge in [-0.15, -0.1) is 0 Å². The first-order valence-electron chi connectivity index (χ1n) is 10.2. The molecular formula is C22H30N2O3. The molecule has 5 heteroatoms. The summed E-state index contributed by atoms with van der Waals surface area (Å²) in [6.45, 7) is 1.53. The molecular weight excluding hydrogens is 340 g/mol. The van der Waals surface area contributed by atoms with E-state index in [4.69, 9.17) is 4.74 Å². The molecule has 1 aromatic carbocycles. The van der Waals surface area contributed by atoms with Crippen LogP contribution in [0.3, 0.4) is 0 Å². The Morgan fingerprint density at radius 1 is 1.00 bits per heavy atom. The number of amides is 2. The van der Waals surface area contributed by atoms with Crippen molar-refractivity contribution < 1.29 is 14.3 Å². The number of carbonyl (C=O) groups is 2. The molecule has 2 amide bonds. The second-order valence-corrected chi connectivity index (χ2v) is 8.83. The van der Waals surface area contributed by atoms with Crippen molar-refractivity contribution in [3.63, 3.8) is 0 Å². The van der Waals surface area contributed by atoms with Gasteiger partial charge < -0.3 is 15.4 Å². The Morgan fingerprint density at radius 2 is 1.59 bits per heavy atom. The fourth-order valence-corrected chi connectivity index (χ4v) is 5.90. The van der Waals surface area contributed by atoms with Crippen LogP contribution in [0, 0.1) is 23.2 Å². The van der Waals surface area contributed by atoms with E-state index >= 15 is 0 Å². The summed E-state index contributed by atoms with van der Waals surface area (Å²) in [5.41, 5.74) is 1.56. The quantitative estimate of drug-likeness (QED) is 0.725. The molecule has 27 heavy (non-hydrogen) atoms. The van der Waals surface area contributed by atoms with Crippen LogP contribution in [0.4, 0.5) is 0 Å². The van der Waals surface area contributed by atoms with Crippen molar-refractivity contribution >= 4 is 11.8 Å². The molecule has 0 spiro atoms. The van der Waals surface area contributed by atoms with Crippen LogP contribution in [0.1, 0.15) is 54.4 Å². The second-order valence-electron chi connectivity index (χ2n) is 8.83. The van der Waals surface area contributed by atoms with E-state index in [2.05, 4.69) is 10.6 Å². The highest BCUT2D eigenvalue weighted by atomic mass is 16.5. The molecule has 4 bridgehead atoms. The predicted molar refractivity (Wildman–Crippen MR) is 103 cm³/mol. The van der Waals surface area contributed by atoms with Gasteiger partial charge in [-0.3, -0.25) is 9.59 Å². The van der Waals surface area contributed by atoms with E-state index in [-0.39, 0.29) is 17.2 Å². The van der Waals surface area contributed by atoms with Crippen molar-refractivity contribution in [2.75, 3.05) is 20.3 Å². The Labute approximate surface area is 161 Å². The van der Waals surface area contributed by atoms with Crippen molar-refractivity contribution in [1.82, 2.24) is 10.6 Å². The Kier molecular flexibility index (Phi) is 5.22. The van der Waals surface area contributed by atoms with Gasteiger partial charge in [-0.25, -0.2) is 0 Å². The lowest BCUT2D eigenvalue weighted by Gasteiger charge is -2.55. The average Bonchev–Trinajstić information content (AvgIpc) is 2.65. The zero-order chi connectivity index (χ0) is 18.9. The summed E-state index contributed by atoms with van der Waals surface area (Å²) in [6, 6.07) is 7.47. The number of methoxy groups -OCH3 is 1. The summed E-state index contributed by atoms with van der Waals surface area (Å²) in [5, 5.41) is 6.00. The van der Waals surface area contributed by atoms with Gasteiger partial charge in [0.05, 0.1) is 6.61 Å². The molecule has 0 saturated heterocycles. The Morgan fingerprint density at radius 3 is 2.15 bits per heavy atom. The number of ether oxygens (including phenoxy) is 1. The molecule has 0 heterocycles. The van der Waals surface area contributed by atoms with Gasteiger partial charge in [0.25, 0.3) is 5.91 Å². The molecule has 146 valence electrons. The monoisotopic (exact) mass is 370 g/mol. The SMILES string of the molecule is COCCNC(=O)c1ccc(CNC(=O)C23CC4CC(CC(C4)C2)C3)cc1. The third-order valence-corrected chi connectivity index (χ3v) is 6.78. The van der Waals surface area contributed by atoms with Gasteiger partial charge in [0.15, 0.2) is 0 Å². The highest BCUT2D eigenvalue weighted by Gasteiger charge is 2.54. The van der Waals surface area contributed by atoms with E-state index in [0.29, 0.717) is 25.3 Å². The van der Waals surface area contributed by atoms with Gasteiger partial charge >= 0.3 is 0 Å². The molecule has 0 unspecified atom stereocenters. The van der Waals surface area contributed by atoms with Crippen LogP contribution < -0.4 is 10.6 Å². The minimum atomic E-state index is -0.101. The van der Waals surface area contributed by atoms with Gasteiger partial charge in [0.1, 0.15) is 0 Å². The highest BCUT2D eigenvalue weighted by molar-refractivity contribution is 5.94. The maximum atomic E-state index is 13.0. The average molecular weight is 370 g/mol. The summed E-state index contributed by atoms with van der Waals surface area (Å²) < 4.78 is 4.93. The molecule has 0 atom stereocenters. The molecule has 4 fully saturated rings. The summed E-state index contributed by atoms with van der Waals surface area (Å²) in [5.74, 6) is 2.48. The van der Waals surface area contributed by atoms with Crippen LogP contribution in [0.15, 0.2) is 24.3 Å². The molecule has 0 aliphatic heterocycles. The van der Waals surface area contributed by atoms with E-state index < -0.39 is 0 Å². The second kappa shape index (κ2) is 7.63. The largest absolute Gasteiger partial charge is 0.383 e. The predicted octanol–water partition coefficient (Wildman–Crippen LogP) is 2.90. The van der Waals surface area contributed by atoms with Crippen LogP contribution >= 0.6 is 0 Å². The van der Waals surface area contributed by atoms with Gasteiger partial charge in [-0.05, 0) is 74.0 Å². The number of nitrogens with one attached hydrogen (secondary N) is 2. The molecule has 4 saturated carbocycles. The molecule has 5 rings (SSSR count). The third kappa shape index (κ3) is 3.88. The van der Waals surface area contributed by atoms with Crippen LogP contribution in [0.2, 0.25) is 0 Å². The zero-order valence-corrected chi connectivity index (χ0v) is 16.1. The molecule has 4 aliphatic rings. The van der Waals surface area contributed by atoms with Crippen molar-refractivity contribution in [3.05, 3.63) is 35.4 Å². The molecule has 5 nitrogen and oxygen atoms in total. The molecule has 2 N–H and O–H groups in total.